The van der Waals surface area contributed by atoms with Gasteiger partial charge in [-0.1, -0.05) is 12.1 Å². The molecule has 6 nitrogen and oxygen atoms in total. The SMILES string of the molecule is NC(N)=NCCCC(Sc1ccccc1Br)C(=O)NO. The molecule has 0 aliphatic carbocycles. The van der Waals surface area contributed by atoms with Crippen molar-refractivity contribution in [2.75, 3.05) is 6.54 Å². The van der Waals surface area contributed by atoms with Crippen LogP contribution in [0.2, 0.25) is 0 Å². The molecule has 1 aromatic rings. The number of thioether (sulfide) groups is 1. The van der Waals surface area contributed by atoms with Crippen molar-refractivity contribution in [2.45, 2.75) is 23.0 Å². The van der Waals surface area contributed by atoms with Crippen LogP contribution in [-0.4, -0.2) is 28.9 Å². The van der Waals surface area contributed by atoms with E-state index in [0.717, 1.165) is 9.37 Å². The number of benzene rings is 1. The molecule has 0 spiro atoms. The molecule has 8 heteroatoms. The van der Waals surface area contributed by atoms with E-state index in [-0.39, 0.29) is 5.96 Å². The topological polar surface area (TPSA) is 114 Å². The van der Waals surface area contributed by atoms with Gasteiger partial charge >= 0.3 is 0 Å². The third-order valence-electron chi connectivity index (χ3n) is 2.43. The first-order valence-electron chi connectivity index (χ1n) is 5.95. The number of halogens is 1. The first-order valence-corrected chi connectivity index (χ1v) is 7.62. The Bertz CT molecular complexity index is 480. The summed E-state index contributed by atoms with van der Waals surface area (Å²) in [4.78, 5) is 16.5. The van der Waals surface area contributed by atoms with Crippen LogP contribution in [0.4, 0.5) is 0 Å². The Labute approximate surface area is 130 Å². The second-order valence-corrected chi connectivity index (χ2v) is 6.06. The van der Waals surface area contributed by atoms with Crippen LogP contribution in [0, 0.1) is 0 Å². The van der Waals surface area contributed by atoms with Crippen molar-refractivity contribution in [2.24, 2.45) is 16.5 Å². The zero-order valence-electron chi connectivity index (χ0n) is 10.8. The number of nitrogens with two attached hydrogens (primary N) is 2. The van der Waals surface area contributed by atoms with E-state index in [1.165, 1.54) is 11.8 Å². The van der Waals surface area contributed by atoms with Crippen molar-refractivity contribution < 1.29 is 10.0 Å². The molecule has 0 saturated carbocycles. The quantitative estimate of drug-likeness (QED) is 0.147. The molecular weight excluding hydrogens is 344 g/mol. The highest BCUT2D eigenvalue weighted by atomic mass is 79.9. The highest BCUT2D eigenvalue weighted by Crippen LogP contribution is 2.32. The fourth-order valence-electron chi connectivity index (χ4n) is 1.49. The third kappa shape index (κ3) is 5.81. The number of carbonyl (C=O) groups excluding carboxylic acids is 1. The van der Waals surface area contributed by atoms with Gasteiger partial charge in [-0.3, -0.25) is 15.0 Å². The van der Waals surface area contributed by atoms with Crippen molar-refractivity contribution in [1.29, 1.82) is 0 Å². The van der Waals surface area contributed by atoms with Crippen molar-refractivity contribution >= 4 is 39.6 Å². The summed E-state index contributed by atoms with van der Waals surface area (Å²) in [6, 6.07) is 7.59. The number of guanidine groups is 1. The summed E-state index contributed by atoms with van der Waals surface area (Å²) >= 11 is 4.80. The van der Waals surface area contributed by atoms with Crippen LogP contribution in [-0.2, 0) is 4.79 Å². The number of carbonyl (C=O) groups is 1. The van der Waals surface area contributed by atoms with E-state index < -0.39 is 11.2 Å². The molecule has 0 heterocycles. The van der Waals surface area contributed by atoms with E-state index >= 15 is 0 Å². The monoisotopic (exact) mass is 360 g/mol. The maximum absolute atomic E-state index is 11.7. The van der Waals surface area contributed by atoms with Gasteiger partial charge in [0.05, 0.1) is 5.25 Å². The van der Waals surface area contributed by atoms with Gasteiger partial charge in [-0.25, -0.2) is 5.48 Å². The number of aliphatic imine (C=N–C) groups is 1. The summed E-state index contributed by atoms with van der Waals surface area (Å²) in [6.07, 6.45) is 1.20. The van der Waals surface area contributed by atoms with E-state index in [2.05, 4.69) is 20.9 Å². The first kappa shape index (κ1) is 16.8. The lowest BCUT2D eigenvalue weighted by atomic mass is 10.2. The minimum Gasteiger partial charge on any atom is -0.370 e. The van der Waals surface area contributed by atoms with Gasteiger partial charge in [0.25, 0.3) is 5.91 Å². The molecule has 110 valence electrons. The molecule has 1 rings (SSSR count). The number of amides is 1. The van der Waals surface area contributed by atoms with Gasteiger partial charge in [0.2, 0.25) is 0 Å². The lowest BCUT2D eigenvalue weighted by molar-refractivity contribution is -0.128. The van der Waals surface area contributed by atoms with Gasteiger partial charge in [-0.2, -0.15) is 0 Å². The summed E-state index contributed by atoms with van der Waals surface area (Å²) in [5.74, 6) is -0.401. The number of nitrogens with one attached hydrogen (secondary N) is 1. The highest BCUT2D eigenvalue weighted by Gasteiger charge is 2.19. The zero-order valence-corrected chi connectivity index (χ0v) is 13.2. The Kier molecular flexibility index (Phi) is 7.42. The fourth-order valence-corrected chi connectivity index (χ4v) is 3.15. The maximum Gasteiger partial charge on any atom is 0.256 e. The lowest BCUT2D eigenvalue weighted by Crippen LogP contribution is -2.30. The average Bonchev–Trinajstić information content (AvgIpc) is 2.43. The Hall–Kier alpha value is -1.25. The number of hydrogen-bond donors (Lipinski definition) is 4. The zero-order chi connectivity index (χ0) is 15.0. The second-order valence-electron chi connectivity index (χ2n) is 3.96. The number of rotatable bonds is 7. The van der Waals surface area contributed by atoms with Gasteiger partial charge in [0, 0.05) is 15.9 Å². The molecule has 0 saturated heterocycles. The molecule has 0 fully saturated rings. The number of nitrogens with zero attached hydrogens (tertiary/aromatic N) is 1. The largest absolute Gasteiger partial charge is 0.370 e. The normalized spacial score (nSPS) is 11.7. The smallest absolute Gasteiger partial charge is 0.256 e. The molecule has 1 aromatic carbocycles. The van der Waals surface area contributed by atoms with Crippen LogP contribution in [0.15, 0.2) is 38.6 Å². The minimum atomic E-state index is -0.435. The van der Waals surface area contributed by atoms with Gasteiger partial charge in [-0.05, 0) is 40.9 Å². The summed E-state index contributed by atoms with van der Waals surface area (Å²) in [5, 5.41) is 8.40. The minimum absolute atomic E-state index is 0.0339. The maximum atomic E-state index is 11.7. The van der Waals surface area contributed by atoms with Crippen LogP contribution in [0.3, 0.4) is 0 Å². The van der Waals surface area contributed by atoms with Crippen LogP contribution >= 0.6 is 27.7 Å². The molecule has 1 amide bonds. The van der Waals surface area contributed by atoms with Crippen LogP contribution < -0.4 is 16.9 Å². The van der Waals surface area contributed by atoms with E-state index in [1.54, 1.807) is 5.48 Å². The van der Waals surface area contributed by atoms with Gasteiger partial charge in [-0.15, -0.1) is 11.8 Å². The molecule has 0 aliphatic rings. The molecule has 6 N–H and O–H groups in total. The van der Waals surface area contributed by atoms with Gasteiger partial charge in [0.15, 0.2) is 5.96 Å². The highest BCUT2D eigenvalue weighted by molar-refractivity contribution is 9.10. The van der Waals surface area contributed by atoms with Crippen molar-refractivity contribution in [3.8, 4) is 0 Å². The summed E-state index contributed by atoms with van der Waals surface area (Å²) in [7, 11) is 0. The van der Waals surface area contributed by atoms with E-state index in [9.17, 15) is 4.79 Å². The molecule has 0 aliphatic heterocycles. The standard InChI is InChI=1S/C12H17BrN4O2S/c13-8-4-1-2-5-9(8)20-10(11(18)17-19)6-3-7-16-12(14)15/h1-2,4-5,10,19H,3,6-7H2,(H,17,18)(H4,14,15,16). The average molecular weight is 361 g/mol. The molecular formula is C12H17BrN4O2S. The first-order chi connectivity index (χ1) is 9.54. The van der Waals surface area contributed by atoms with E-state index in [0.29, 0.717) is 19.4 Å². The molecule has 0 aromatic heterocycles. The molecule has 1 atom stereocenters. The van der Waals surface area contributed by atoms with Crippen LogP contribution in [0.25, 0.3) is 0 Å². The molecule has 0 bridgehead atoms. The summed E-state index contributed by atoms with van der Waals surface area (Å²) in [6.45, 7) is 0.452. The second kappa shape index (κ2) is 8.83. The van der Waals surface area contributed by atoms with Crippen molar-refractivity contribution in [1.82, 2.24) is 5.48 Å². The van der Waals surface area contributed by atoms with Crippen LogP contribution in [0.5, 0.6) is 0 Å². The Balaban J connectivity index is 2.63. The fraction of sp³-hybridized carbons (Fsp3) is 0.333. The summed E-state index contributed by atoms with van der Waals surface area (Å²) < 4.78 is 0.907. The predicted molar refractivity (Wildman–Crippen MR) is 83.6 cm³/mol. The molecule has 20 heavy (non-hydrogen) atoms. The van der Waals surface area contributed by atoms with Crippen LogP contribution in [0.1, 0.15) is 12.8 Å². The summed E-state index contributed by atoms with van der Waals surface area (Å²) in [5.41, 5.74) is 12.2. The third-order valence-corrected chi connectivity index (χ3v) is 4.73. The number of hydroxylamine groups is 1. The Morgan fingerprint density at radius 3 is 2.75 bits per heavy atom. The Morgan fingerprint density at radius 1 is 1.45 bits per heavy atom. The molecule has 0 radical (unpaired) electrons. The molecule has 1 unspecified atom stereocenters. The predicted octanol–water partition coefficient (Wildman–Crippen LogP) is 1.47. The van der Waals surface area contributed by atoms with E-state index in [1.807, 2.05) is 24.3 Å². The Morgan fingerprint density at radius 2 is 2.15 bits per heavy atom. The lowest BCUT2D eigenvalue weighted by Gasteiger charge is -2.14. The van der Waals surface area contributed by atoms with Gasteiger partial charge < -0.3 is 11.5 Å². The van der Waals surface area contributed by atoms with Crippen molar-refractivity contribution in [3.05, 3.63) is 28.7 Å². The number of hydrogen-bond acceptors (Lipinski definition) is 4. The van der Waals surface area contributed by atoms with E-state index in [4.69, 9.17) is 16.7 Å². The van der Waals surface area contributed by atoms with Gasteiger partial charge in [0.1, 0.15) is 0 Å². The van der Waals surface area contributed by atoms with Crippen molar-refractivity contribution in [3.63, 3.8) is 0 Å².